The minimum absolute atomic E-state index is 0.0558. The zero-order valence-electron chi connectivity index (χ0n) is 11.1. The van der Waals surface area contributed by atoms with Crippen LogP contribution in [0.15, 0.2) is 53.4 Å². The molecule has 0 radical (unpaired) electrons. The molecule has 2 aromatic carbocycles. The summed E-state index contributed by atoms with van der Waals surface area (Å²) < 4.78 is 37.4. The molecule has 106 valence electrons. The maximum absolute atomic E-state index is 11.3. The molecular weight excluding hydrogens is 276 g/mol. The van der Waals surface area contributed by atoms with Crippen LogP contribution < -0.4 is 4.74 Å². The van der Waals surface area contributed by atoms with Gasteiger partial charge in [-0.2, -0.15) is 8.42 Å². The number of para-hydroxylation sites is 1. The maximum atomic E-state index is 11.3. The van der Waals surface area contributed by atoms with Gasteiger partial charge < -0.3 is 4.74 Å². The van der Waals surface area contributed by atoms with E-state index >= 15 is 0 Å². The Morgan fingerprint density at radius 2 is 1.80 bits per heavy atom. The predicted octanol–water partition coefficient (Wildman–Crippen LogP) is 2.86. The van der Waals surface area contributed by atoms with Crippen molar-refractivity contribution in [2.24, 2.45) is 0 Å². The Morgan fingerprint density at radius 3 is 2.45 bits per heavy atom. The summed E-state index contributed by atoms with van der Waals surface area (Å²) >= 11 is 0. The molecule has 0 atom stereocenters. The minimum atomic E-state index is -4.20. The summed E-state index contributed by atoms with van der Waals surface area (Å²) in [6.45, 7) is 2.21. The minimum Gasteiger partial charge on any atom is -0.493 e. The highest BCUT2D eigenvalue weighted by atomic mass is 32.2. The molecule has 0 aliphatic heterocycles. The lowest BCUT2D eigenvalue weighted by atomic mass is 10.1. The fourth-order valence-electron chi connectivity index (χ4n) is 1.95. The van der Waals surface area contributed by atoms with E-state index in [0.717, 1.165) is 11.3 Å². The van der Waals surface area contributed by atoms with Crippen molar-refractivity contribution in [1.82, 2.24) is 0 Å². The molecule has 1 N–H and O–H groups in total. The number of rotatable bonds is 5. The van der Waals surface area contributed by atoms with Gasteiger partial charge in [0.05, 0.1) is 11.5 Å². The lowest BCUT2D eigenvalue weighted by Gasteiger charge is -2.10. The van der Waals surface area contributed by atoms with Gasteiger partial charge in [0.15, 0.2) is 0 Å². The summed E-state index contributed by atoms with van der Waals surface area (Å²) in [7, 11) is -4.20. The van der Waals surface area contributed by atoms with Crippen LogP contribution in [-0.2, 0) is 16.5 Å². The molecule has 2 aromatic rings. The summed E-state index contributed by atoms with van der Waals surface area (Å²) in [4.78, 5) is -0.0558. The first-order valence-electron chi connectivity index (χ1n) is 6.22. The summed E-state index contributed by atoms with van der Waals surface area (Å²) in [5, 5.41) is 0. The number of aryl methyl sites for hydroxylation is 1. The highest BCUT2D eigenvalue weighted by Crippen LogP contribution is 2.18. The number of hydrogen-bond acceptors (Lipinski definition) is 3. The first kappa shape index (κ1) is 14.6. The van der Waals surface area contributed by atoms with Crippen LogP contribution in [0.5, 0.6) is 5.75 Å². The van der Waals surface area contributed by atoms with Crippen LogP contribution in [0.4, 0.5) is 0 Å². The van der Waals surface area contributed by atoms with Gasteiger partial charge >= 0.3 is 0 Å². The molecule has 0 saturated carbocycles. The average molecular weight is 292 g/mol. The van der Waals surface area contributed by atoms with Crippen LogP contribution >= 0.6 is 0 Å². The normalized spacial score (nSPS) is 11.3. The van der Waals surface area contributed by atoms with E-state index in [0.29, 0.717) is 18.6 Å². The van der Waals surface area contributed by atoms with E-state index in [-0.39, 0.29) is 4.90 Å². The second-order valence-electron chi connectivity index (χ2n) is 4.50. The molecule has 2 rings (SSSR count). The van der Waals surface area contributed by atoms with Gasteiger partial charge in [-0.05, 0) is 30.7 Å². The van der Waals surface area contributed by atoms with Crippen molar-refractivity contribution in [3.05, 3.63) is 59.7 Å². The highest BCUT2D eigenvalue weighted by molar-refractivity contribution is 7.85. The first-order chi connectivity index (χ1) is 9.47. The molecule has 0 aliphatic carbocycles. The van der Waals surface area contributed by atoms with E-state index in [1.54, 1.807) is 12.1 Å². The lowest BCUT2D eigenvalue weighted by Crippen LogP contribution is -2.08. The first-order valence-corrected chi connectivity index (χ1v) is 7.66. The molecular formula is C15H16O4S. The van der Waals surface area contributed by atoms with E-state index in [9.17, 15) is 13.0 Å². The van der Waals surface area contributed by atoms with Crippen molar-refractivity contribution in [2.45, 2.75) is 18.2 Å². The Balaban J connectivity index is 2.11. The number of hydrogen-bond donors (Lipinski definition) is 1. The zero-order chi connectivity index (χ0) is 14.6. The van der Waals surface area contributed by atoms with Crippen molar-refractivity contribution >= 4 is 10.1 Å². The quantitative estimate of drug-likeness (QED) is 0.861. The molecule has 20 heavy (non-hydrogen) atoms. The molecule has 0 unspecified atom stereocenters. The van der Waals surface area contributed by atoms with Crippen LogP contribution in [0, 0.1) is 6.92 Å². The second-order valence-corrected chi connectivity index (χ2v) is 5.89. The van der Waals surface area contributed by atoms with Gasteiger partial charge in [0.25, 0.3) is 10.1 Å². The fourth-order valence-corrected chi connectivity index (χ4v) is 2.68. The third-order valence-electron chi connectivity index (χ3n) is 2.88. The van der Waals surface area contributed by atoms with E-state index in [4.69, 9.17) is 4.74 Å². The van der Waals surface area contributed by atoms with Gasteiger partial charge in [0, 0.05) is 6.42 Å². The van der Waals surface area contributed by atoms with Crippen LogP contribution in [-0.4, -0.2) is 19.6 Å². The summed E-state index contributed by atoms with van der Waals surface area (Å²) in [5.74, 6) is 0.730. The van der Waals surface area contributed by atoms with E-state index in [1.807, 2.05) is 37.3 Å². The van der Waals surface area contributed by atoms with Crippen LogP contribution in [0.25, 0.3) is 0 Å². The topological polar surface area (TPSA) is 63.6 Å². The molecule has 0 spiro atoms. The Bertz CT molecular complexity index is 678. The second kappa shape index (κ2) is 6.07. The Kier molecular flexibility index (Phi) is 4.42. The van der Waals surface area contributed by atoms with Gasteiger partial charge in [-0.15, -0.1) is 0 Å². The lowest BCUT2D eigenvalue weighted by molar-refractivity contribution is 0.321. The van der Waals surface area contributed by atoms with Crippen molar-refractivity contribution in [2.75, 3.05) is 6.61 Å². The molecule has 4 nitrogen and oxygen atoms in total. The molecule has 0 aliphatic rings. The third kappa shape index (κ3) is 3.82. The number of benzene rings is 2. The fraction of sp³-hybridized carbons (Fsp3) is 0.200. The Morgan fingerprint density at radius 1 is 1.10 bits per heavy atom. The summed E-state index contributed by atoms with van der Waals surface area (Å²) in [5.41, 5.74) is 1.50. The summed E-state index contributed by atoms with van der Waals surface area (Å²) in [6, 6.07) is 14.1. The molecule has 0 fully saturated rings. The van der Waals surface area contributed by atoms with Crippen LogP contribution in [0.1, 0.15) is 11.1 Å². The van der Waals surface area contributed by atoms with Gasteiger partial charge in [0.2, 0.25) is 0 Å². The predicted molar refractivity (Wildman–Crippen MR) is 76.6 cm³/mol. The standard InChI is InChI=1S/C15H16O4S/c1-12-7-8-15(20(16,17)18)13(11-12)9-10-19-14-5-3-2-4-6-14/h2-8,11H,9-10H2,1H3,(H,16,17,18). The van der Waals surface area contributed by atoms with Crippen molar-refractivity contribution in [3.63, 3.8) is 0 Å². The monoisotopic (exact) mass is 292 g/mol. The Hall–Kier alpha value is -1.85. The van der Waals surface area contributed by atoms with Gasteiger partial charge in [0.1, 0.15) is 5.75 Å². The molecule has 0 heterocycles. The largest absolute Gasteiger partial charge is 0.493 e. The van der Waals surface area contributed by atoms with E-state index in [1.165, 1.54) is 6.07 Å². The zero-order valence-corrected chi connectivity index (χ0v) is 11.9. The van der Waals surface area contributed by atoms with Crippen molar-refractivity contribution in [1.29, 1.82) is 0 Å². The molecule has 0 bridgehead atoms. The van der Waals surface area contributed by atoms with Crippen LogP contribution in [0.3, 0.4) is 0 Å². The third-order valence-corrected chi connectivity index (χ3v) is 3.83. The molecule has 0 saturated heterocycles. The van der Waals surface area contributed by atoms with Crippen molar-refractivity contribution < 1.29 is 17.7 Å². The van der Waals surface area contributed by atoms with Gasteiger partial charge in [-0.1, -0.05) is 35.9 Å². The van der Waals surface area contributed by atoms with E-state index < -0.39 is 10.1 Å². The average Bonchev–Trinajstić information content (AvgIpc) is 2.38. The Labute approximate surface area is 118 Å². The van der Waals surface area contributed by atoms with E-state index in [2.05, 4.69) is 0 Å². The van der Waals surface area contributed by atoms with Crippen LogP contribution in [0.2, 0.25) is 0 Å². The van der Waals surface area contributed by atoms with Gasteiger partial charge in [-0.25, -0.2) is 0 Å². The maximum Gasteiger partial charge on any atom is 0.294 e. The molecule has 0 amide bonds. The SMILES string of the molecule is Cc1ccc(S(=O)(=O)O)c(CCOc2ccccc2)c1. The number of ether oxygens (including phenoxy) is 1. The smallest absolute Gasteiger partial charge is 0.294 e. The highest BCUT2D eigenvalue weighted by Gasteiger charge is 2.15. The molecule has 5 heteroatoms. The molecule has 0 aromatic heterocycles. The van der Waals surface area contributed by atoms with Gasteiger partial charge in [-0.3, -0.25) is 4.55 Å². The summed E-state index contributed by atoms with van der Waals surface area (Å²) in [6.07, 6.45) is 0.408. The van der Waals surface area contributed by atoms with Crippen molar-refractivity contribution in [3.8, 4) is 5.75 Å².